The fourth-order valence-corrected chi connectivity index (χ4v) is 2.82. The summed E-state index contributed by atoms with van der Waals surface area (Å²) < 4.78 is 5.72. The number of benzene rings is 1. The van der Waals surface area contributed by atoms with Crippen LogP contribution in [0.1, 0.15) is 31.7 Å². The van der Waals surface area contributed by atoms with Gasteiger partial charge in [-0.25, -0.2) is 4.79 Å². The minimum atomic E-state index is -1.12. The van der Waals surface area contributed by atoms with Crippen LogP contribution in [0.15, 0.2) is 18.2 Å². The molecular weight excluding hydrogens is 284 g/mol. The quantitative estimate of drug-likeness (QED) is 0.795. The first kappa shape index (κ1) is 16.6. The van der Waals surface area contributed by atoms with Crippen LogP contribution in [-0.4, -0.2) is 53.6 Å². The number of anilines is 1. The van der Waals surface area contributed by atoms with Gasteiger partial charge in [0.1, 0.15) is 5.75 Å². The standard InChI is InChI=1S/C16H24N2O4/c1-10(2)22-15-8-11(4-5-13(15)17-16(20)21)12-6-7-18(3)9-14(12)19/h4-5,8,10,12,14,17,19H,6-7,9H2,1-3H3,(H,20,21). The van der Waals surface area contributed by atoms with E-state index in [-0.39, 0.29) is 12.0 Å². The number of carboxylic acid groups (broad SMARTS) is 1. The fraction of sp³-hybridized carbons (Fsp3) is 0.562. The van der Waals surface area contributed by atoms with Crippen LogP contribution in [0.2, 0.25) is 0 Å². The summed E-state index contributed by atoms with van der Waals surface area (Å²) in [5.74, 6) is 0.547. The molecule has 1 heterocycles. The molecule has 1 amide bonds. The Morgan fingerprint density at radius 3 is 2.77 bits per heavy atom. The van der Waals surface area contributed by atoms with Gasteiger partial charge in [0.2, 0.25) is 0 Å². The van der Waals surface area contributed by atoms with Crippen LogP contribution in [0, 0.1) is 0 Å². The molecule has 2 unspecified atom stereocenters. The van der Waals surface area contributed by atoms with Gasteiger partial charge in [-0.3, -0.25) is 5.32 Å². The number of carbonyl (C=O) groups is 1. The zero-order valence-corrected chi connectivity index (χ0v) is 13.2. The molecule has 1 fully saturated rings. The van der Waals surface area contributed by atoms with Crippen LogP contribution in [0.25, 0.3) is 0 Å². The number of β-amino-alcohol motifs (C(OH)–C–C–N with tert-alkyl or cyclic N) is 1. The summed E-state index contributed by atoms with van der Waals surface area (Å²) in [5.41, 5.74) is 1.40. The molecule has 1 aliphatic rings. The number of hydrogen-bond donors (Lipinski definition) is 3. The molecule has 0 bridgehead atoms. The van der Waals surface area contributed by atoms with Crippen molar-refractivity contribution in [1.29, 1.82) is 0 Å². The molecular formula is C16H24N2O4. The van der Waals surface area contributed by atoms with Crippen LogP contribution in [0.5, 0.6) is 5.75 Å². The number of nitrogens with one attached hydrogen (secondary N) is 1. The highest BCUT2D eigenvalue weighted by atomic mass is 16.5. The van der Waals surface area contributed by atoms with Gasteiger partial charge in [0.05, 0.1) is 17.9 Å². The van der Waals surface area contributed by atoms with E-state index in [9.17, 15) is 9.90 Å². The zero-order chi connectivity index (χ0) is 16.3. The fourth-order valence-electron chi connectivity index (χ4n) is 2.82. The lowest BCUT2D eigenvalue weighted by Crippen LogP contribution is -2.40. The Morgan fingerprint density at radius 2 is 2.18 bits per heavy atom. The lowest BCUT2D eigenvalue weighted by Gasteiger charge is -2.34. The molecule has 1 saturated heterocycles. The van der Waals surface area contributed by atoms with Crippen molar-refractivity contribution in [2.24, 2.45) is 0 Å². The van der Waals surface area contributed by atoms with Crippen LogP contribution in [-0.2, 0) is 0 Å². The number of ether oxygens (including phenoxy) is 1. The highest BCUT2D eigenvalue weighted by Gasteiger charge is 2.28. The molecule has 0 radical (unpaired) electrons. The Hall–Kier alpha value is -1.79. The highest BCUT2D eigenvalue weighted by molar-refractivity contribution is 5.85. The Bertz CT molecular complexity index is 533. The predicted molar refractivity (Wildman–Crippen MR) is 84.7 cm³/mol. The molecule has 1 aliphatic heterocycles. The van der Waals surface area contributed by atoms with Crippen molar-refractivity contribution in [2.75, 3.05) is 25.5 Å². The van der Waals surface area contributed by atoms with Gasteiger partial charge in [-0.1, -0.05) is 6.07 Å². The number of amides is 1. The number of hydrogen-bond acceptors (Lipinski definition) is 4. The molecule has 1 aromatic carbocycles. The second-order valence-electron chi connectivity index (χ2n) is 6.08. The molecule has 2 atom stereocenters. The van der Waals surface area contributed by atoms with E-state index in [1.54, 1.807) is 6.07 Å². The molecule has 0 aliphatic carbocycles. The summed E-state index contributed by atoms with van der Waals surface area (Å²) in [6.45, 7) is 5.35. The van der Waals surface area contributed by atoms with Crippen molar-refractivity contribution < 1.29 is 19.7 Å². The van der Waals surface area contributed by atoms with Gasteiger partial charge in [0.15, 0.2) is 0 Å². The van der Waals surface area contributed by atoms with Crippen LogP contribution < -0.4 is 10.1 Å². The van der Waals surface area contributed by atoms with E-state index in [1.165, 1.54) is 0 Å². The number of rotatable bonds is 4. The maximum atomic E-state index is 10.9. The van der Waals surface area contributed by atoms with E-state index >= 15 is 0 Å². The lowest BCUT2D eigenvalue weighted by molar-refractivity contribution is 0.0637. The zero-order valence-electron chi connectivity index (χ0n) is 13.2. The minimum absolute atomic E-state index is 0.0459. The van der Waals surface area contributed by atoms with Crippen LogP contribution >= 0.6 is 0 Å². The summed E-state index contributed by atoms with van der Waals surface area (Å²) in [4.78, 5) is 13.0. The van der Waals surface area contributed by atoms with Crippen molar-refractivity contribution in [3.8, 4) is 5.75 Å². The number of aliphatic hydroxyl groups excluding tert-OH is 1. The first-order valence-corrected chi connectivity index (χ1v) is 7.54. The SMILES string of the molecule is CC(C)Oc1cc(C2CCN(C)CC2O)ccc1NC(=O)O. The van der Waals surface area contributed by atoms with Gasteiger partial charge >= 0.3 is 6.09 Å². The Labute approximate surface area is 130 Å². The molecule has 0 aromatic heterocycles. The van der Waals surface area contributed by atoms with Crippen LogP contribution in [0.3, 0.4) is 0 Å². The third-order valence-corrected chi connectivity index (χ3v) is 3.82. The maximum absolute atomic E-state index is 10.9. The number of piperidine rings is 1. The molecule has 6 heteroatoms. The number of likely N-dealkylation sites (N-methyl/N-ethyl adjacent to an activating group) is 1. The summed E-state index contributed by atoms with van der Waals surface area (Å²) in [5, 5.41) is 21.5. The van der Waals surface area contributed by atoms with E-state index in [4.69, 9.17) is 9.84 Å². The van der Waals surface area contributed by atoms with Gasteiger partial charge in [-0.2, -0.15) is 0 Å². The van der Waals surface area contributed by atoms with E-state index in [0.29, 0.717) is 18.0 Å². The molecule has 2 rings (SSSR count). The van der Waals surface area contributed by atoms with Crippen molar-refractivity contribution in [2.45, 2.75) is 38.4 Å². The van der Waals surface area contributed by atoms with Crippen molar-refractivity contribution in [3.05, 3.63) is 23.8 Å². The van der Waals surface area contributed by atoms with Crippen molar-refractivity contribution >= 4 is 11.8 Å². The molecule has 0 saturated carbocycles. The monoisotopic (exact) mass is 308 g/mol. The van der Waals surface area contributed by atoms with Gasteiger partial charge in [-0.15, -0.1) is 0 Å². The van der Waals surface area contributed by atoms with E-state index in [2.05, 4.69) is 10.2 Å². The molecule has 1 aromatic rings. The average Bonchev–Trinajstić information content (AvgIpc) is 2.40. The number of likely N-dealkylation sites (tertiary alicyclic amines) is 1. The second-order valence-corrected chi connectivity index (χ2v) is 6.08. The predicted octanol–water partition coefficient (Wildman–Crippen LogP) is 2.34. The van der Waals surface area contributed by atoms with Gasteiger partial charge < -0.3 is 19.8 Å². The molecule has 0 spiro atoms. The Morgan fingerprint density at radius 1 is 1.45 bits per heavy atom. The van der Waals surface area contributed by atoms with Gasteiger partial charge in [-0.05, 0) is 51.6 Å². The molecule has 3 N–H and O–H groups in total. The maximum Gasteiger partial charge on any atom is 0.409 e. The largest absolute Gasteiger partial charge is 0.489 e. The van der Waals surface area contributed by atoms with Gasteiger partial charge in [0.25, 0.3) is 0 Å². The summed E-state index contributed by atoms with van der Waals surface area (Å²) in [7, 11) is 1.99. The Balaban J connectivity index is 2.27. The molecule has 22 heavy (non-hydrogen) atoms. The first-order valence-electron chi connectivity index (χ1n) is 7.54. The summed E-state index contributed by atoms with van der Waals surface area (Å²) in [6.07, 6.45) is -0.749. The lowest BCUT2D eigenvalue weighted by atomic mass is 9.87. The van der Waals surface area contributed by atoms with Crippen molar-refractivity contribution in [1.82, 2.24) is 4.90 Å². The molecule has 122 valence electrons. The van der Waals surface area contributed by atoms with Crippen LogP contribution in [0.4, 0.5) is 10.5 Å². The van der Waals surface area contributed by atoms with E-state index in [0.717, 1.165) is 18.5 Å². The minimum Gasteiger partial charge on any atom is -0.489 e. The number of aliphatic hydroxyl groups is 1. The summed E-state index contributed by atoms with van der Waals surface area (Å²) >= 11 is 0. The van der Waals surface area contributed by atoms with E-state index < -0.39 is 12.2 Å². The highest BCUT2D eigenvalue weighted by Crippen LogP contribution is 2.34. The van der Waals surface area contributed by atoms with Crippen molar-refractivity contribution in [3.63, 3.8) is 0 Å². The van der Waals surface area contributed by atoms with E-state index in [1.807, 2.05) is 33.0 Å². The van der Waals surface area contributed by atoms with Gasteiger partial charge in [0, 0.05) is 12.5 Å². The first-order chi connectivity index (χ1) is 10.4. The number of nitrogens with zero attached hydrogens (tertiary/aromatic N) is 1. The smallest absolute Gasteiger partial charge is 0.409 e. The Kier molecular flexibility index (Phi) is 5.26. The third-order valence-electron chi connectivity index (χ3n) is 3.82. The normalized spacial score (nSPS) is 22.6. The summed E-state index contributed by atoms with van der Waals surface area (Å²) in [6, 6.07) is 5.40. The second kappa shape index (κ2) is 6.98. The third kappa shape index (κ3) is 4.11. The molecule has 6 nitrogen and oxygen atoms in total. The average molecular weight is 308 g/mol. The topological polar surface area (TPSA) is 82.0 Å².